The molecular formula is C21H32N4O3. The maximum absolute atomic E-state index is 12.9. The normalized spacial score (nSPS) is 25.1. The van der Waals surface area contributed by atoms with Crippen molar-refractivity contribution in [2.75, 3.05) is 64.5 Å². The number of hydrogen-bond donors (Lipinski definition) is 0. The zero-order chi connectivity index (χ0) is 19.3. The van der Waals surface area contributed by atoms with Crippen LogP contribution in [0.2, 0.25) is 0 Å². The Balaban J connectivity index is 1.31. The molecule has 0 spiro atoms. The number of ether oxygens (including phenoxy) is 2. The van der Waals surface area contributed by atoms with E-state index >= 15 is 0 Å². The highest BCUT2D eigenvalue weighted by Gasteiger charge is 2.28. The fourth-order valence-electron chi connectivity index (χ4n) is 4.60. The van der Waals surface area contributed by atoms with Crippen molar-refractivity contribution in [1.29, 1.82) is 0 Å². The Bertz CT molecular complexity index is 640. The first-order valence-electron chi connectivity index (χ1n) is 10.6. The molecule has 3 saturated heterocycles. The number of carbonyl (C=O) groups excluding carboxylic acids is 1. The minimum Gasteiger partial charge on any atom is -0.380 e. The highest BCUT2D eigenvalue weighted by atomic mass is 16.5. The van der Waals surface area contributed by atoms with Gasteiger partial charge in [0.25, 0.3) is 5.91 Å². The lowest BCUT2D eigenvalue weighted by atomic mass is 10.0. The predicted molar refractivity (Wildman–Crippen MR) is 108 cm³/mol. The molecule has 1 aromatic rings. The third-order valence-corrected chi connectivity index (χ3v) is 6.34. The summed E-state index contributed by atoms with van der Waals surface area (Å²) in [6.07, 6.45) is 6.31. The van der Waals surface area contributed by atoms with Gasteiger partial charge in [-0.25, -0.2) is 4.98 Å². The van der Waals surface area contributed by atoms with E-state index in [0.29, 0.717) is 11.6 Å². The second-order valence-electron chi connectivity index (χ2n) is 8.02. The van der Waals surface area contributed by atoms with Crippen LogP contribution in [0.5, 0.6) is 0 Å². The second kappa shape index (κ2) is 9.20. The van der Waals surface area contributed by atoms with Crippen LogP contribution in [0.4, 0.5) is 5.82 Å². The third kappa shape index (κ3) is 4.47. The van der Waals surface area contributed by atoms with Crippen molar-refractivity contribution in [2.24, 2.45) is 0 Å². The number of nitrogens with zero attached hydrogens (tertiary/aromatic N) is 4. The molecule has 7 heteroatoms. The van der Waals surface area contributed by atoms with Crippen LogP contribution in [0.25, 0.3) is 0 Å². The van der Waals surface area contributed by atoms with Crippen molar-refractivity contribution < 1.29 is 14.3 Å². The maximum atomic E-state index is 12.9. The van der Waals surface area contributed by atoms with Gasteiger partial charge in [-0.2, -0.15) is 0 Å². The average molecular weight is 389 g/mol. The van der Waals surface area contributed by atoms with Gasteiger partial charge in [-0.1, -0.05) is 0 Å². The molecule has 4 heterocycles. The molecule has 0 aliphatic carbocycles. The van der Waals surface area contributed by atoms with Gasteiger partial charge < -0.3 is 19.3 Å². The summed E-state index contributed by atoms with van der Waals surface area (Å²) in [5.74, 6) is 1.04. The third-order valence-electron chi connectivity index (χ3n) is 6.34. The molecule has 0 aromatic carbocycles. The minimum absolute atomic E-state index is 0.105. The minimum atomic E-state index is 0.105. The van der Waals surface area contributed by atoms with E-state index in [1.54, 1.807) is 13.3 Å². The van der Waals surface area contributed by atoms with E-state index in [1.807, 2.05) is 17.0 Å². The number of hydrogen-bond acceptors (Lipinski definition) is 6. The molecular weight excluding hydrogens is 356 g/mol. The molecule has 0 bridgehead atoms. The Morgan fingerprint density at radius 2 is 1.89 bits per heavy atom. The van der Waals surface area contributed by atoms with Crippen LogP contribution >= 0.6 is 0 Å². The lowest BCUT2D eigenvalue weighted by Gasteiger charge is -2.40. The first-order chi connectivity index (χ1) is 13.7. The van der Waals surface area contributed by atoms with Gasteiger partial charge in [-0.05, 0) is 37.8 Å². The van der Waals surface area contributed by atoms with E-state index in [0.717, 1.165) is 84.0 Å². The molecule has 154 valence electrons. The Labute approximate surface area is 167 Å². The van der Waals surface area contributed by atoms with Crippen LogP contribution in [-0.4, -0.2) is 92.4 Å². The van der Waals surface area contributed by atoms with Crippen molar-refractivity contribution in [3.05, 3.63) is 23.9 Å². The molecule has 3 aliphatic rings. The maximum Gasteiger partial charge on any atom is 0.255 e. The van der Waals surface area contributed by atoms with Crippen LogP contribution in [0.3, 0.4) is 0 Å². The number of amides is 1. The van der Waals surface area contributed by atoms with E-state index in [1.165, 1.54) is 0 Å². The standard InChI is InChI=1S/C21H32N4O3/c1-27-19-3-2-8-25(16-19)20-5-4-17(15-22-20)21(26)24-9-6-18(7-10-24)23-11-13-28-14-12-23/h4-5,15,18-19H,2-3,6-14,16H2,1H3/t19-/m1/s1. The molecule has 1 aromatic heterocycles. The number of piperidine rings is 2. The summed E-state index contributed by atoms with van der Waals surface area (Å²) in [6, 6.07) is 4.49. The topological polar surface area (TPSA) is 58.1 Å². The number of carbonyl (C=O) groups is 1. The molecule has 0 unspecified atom stereocenters. The molecule has 0 radical (unpaired) electrons. The summed E-state index contributed by atoms with van der Waals surface area (Å²) in [5, 5.41) is 0. The van der Waals surface area contributed by atoms with Crippen LogP contribution < -0.4 is 4.90 Å². The predicted octanol–water partition coefficient (Wildman–Crippen LogP) is 1.63. The van der Waals surface area contributed by atoms with Gasteiger partial charge in [0.2, 0.25) is 0 Å². The molecule has 3 fully saturated rings. The number of anilines is 1. The smallest absolute Gasteiger partial charge is 0.255 e. The summed E-state index contributed by atoms with van der Waals surface area (Å²) < 4.78 is 10.9. The Morgan fingerprint density at radius 3 is 2.57 bits per heavy atom. The number of aromatic nitrogens is 1. The van der Waals surface area contributed by atoms with Crippen molar-refractivity contribution in [3.8, 4) is 0 Å². The summed E-state index contributed by atoms with van der Waals surface area (Å²) in [7, 11) is 1.77. The van der Waals surface area contributed by atoms with Gasteiger partial charge in [-0.15, -0.1) is 0 Å². The van der Waals surface area contributed by atoms with E-state index < -0.39 is 0 Å². The Morgan fingerprint density at radius 1 is 1.11 bits per heavy atom. The zero-order valence-corrected chi connectivity index (χ0v) is 16.9. The highest BCUT2D eigenvalue weighted by Crippen LogP contribution is 2.22. The van der Waals surface area contributed by atoms with Gasteiger partial charge in [0, 0.05) is 58.6 Å². The number of methoxy groups -OCH3 is 1. The number of likely N-dealkylation sites (tertiary alicyclic amines) is 1. The molecule has 0 N–H and O–H groups in total. The Kier molecular flexibility index (Phi) is 6.44. The average Bonchev–Trinajstić information content (AvgIpc) is 2.79. The first kappa shape index (κ1) is 19.6. The molecule has 1 atom stereocenters. The van der Waals surface area contributed by atoms with Gasteiger partial charge in [0.05, 0.1) is 24.9 Å². The van der Waals surface area contributed by atoms with Crippen molar-refractivity contribution in [2.45, 2.75) is 37.8 Å². The van der Waals surface area contributed by atoms with Gasteiger partial charge >= 0.3 is 0 Å². The number of rotatable bonds is 4. The van der Waals surface area contributed by atoms with E-state index in [9.17, 15) is 4.79 Å². The lowest BCUT2D eigenvalue weighted by molar-refractivity contribution is 0.00158. The quantitative estimate of drug-likeness (QED) is 0.782. The molecule has 4 rings (SSSR count). The molecule has 0 saturated carbocycles. The van der Waals surface area contributed by atoms with Gasteiger partial charge in [0.15, 0.2) is 0 Å². The Hall–Kier alpha value is -1.70. The second-order valence-corrected chi connectivity index (χ2v) is 8.02. The summed E-state index contributed by atoms with van der Waals surface area (Å²) >= 11 is 0. The number of morpholine rings is 1. The summed E-state index contributed by atoms with van der Waals surface area (Å²) in [4.78, 5) is 24.2. The SMILES string of the molecule is CO[C@@H]1CCCN(c2ccc(C(=O)N3CCC(N4CCOCC4)CC3)cn2)C1. The highest BCUT2D eigenvalue weighted by molar-refractivity contribution is 5.94. The molecule has 3 aliphatic heterocycles. The zero-order valence-electron chi connectivity index (χ0n) is 16.9. The lowest BCUT2D eigenvalue weighted by Crippen LogP contribution is -2.50. The first-order valence-corrected chi connectivity index (χ1v) is 10.6. The van der Waals surface area contributed by atoms with Crippen molar-refractivity contribution in [3.63, 3.8) is 0 Å². The van der Waals surface area contributed by atoms with Crippen LogP contribution in [-0.2, 0) is 9.47 Å². The summed E-state index contributed by atoms with van der Waals surface area (Å²) in [6.45, 7) is 7.21. The monoisotopic (exact) mass is 388 g/mol. The van der Waals surface area contributed by atoms with E-state index in [-0.39, 0.29) is 12.0 Å². The van der Waals surface area contributed by atoms with E-state index in [2.05, 4.69) is 14.8 Å². The molecule has 1 amide bonds. The fourth-order valence-corrected chi connectivity index (χ4v) is 4.60. The number of pyridine rings is 1. The molecule has 28 heavy (non-hydrogen) atoms. The van der Waals surface area contributed by atoms with Crippen molar-refractivity contribution >= 4 is 11.7 Å². The fraction of sp³-hybridized carbons (Fsp3) is 0.714. The van der Waals surface area contributed by atoms with Crippen LogP contribution in [0.15, 0.2) is 18.3 Å². The van der Waals surface area contributed by atoms with Crippen LogP contribution in [0, 0.1) is 0 Å². The van der Waals surface area contributed by atoms with Gasteiger partial charge in [-0.3, -0.25) is 9.69 Å². The summed E-state index contributed by atoms with van der Waals surface area (Å²) in [5.41, 5.74) is 0.689. The van der Waals surface area contributed by atoms with Gasteiger partial charge in [0.1, 0.15) is 5.82 Å². The van der Waals surface area contributed by atoms with Crippen LogP contribution in [0.1, 0.15) is 36.0 Å². The molecule has 7 nitrogen and oxygen atoms in total. The van der Waals surface area contributed by atoms with E-state index in [4.69, 9.17) is 9.47 Å². The largest absolute Gasteiger partial charge is 0.380 e. The van der Waals surface area contributed by atoms with Crippen molar-refractivity contribution in [1.82, 2.24) is 14.8 Å².